The summed E-state index contributed by atoms with van der Waals surface area (Å²) in [6, 6.07) is 0. The first-order valence-electron chi connectivity index (χ1n) is 7.77. The van der Waals surface area contributed by atoms with Crippen molar-refractivity contribution in [2.45, 2.75) is 76.1 Å². The maximum Gasteiger partial charge on any atom is 0.324 e. The molecule has 5 atom stereocenters. The Balaban J connectivity index is 2.29. The minimum Gasteiger partial charge on any atom is -0.394 e. The van der Waals surface area contributed by atoms with Crippen molar-refractivity contribution in [2.75, 3.05) is 6.61 Å². The van der Waals surface area contributed by atoms with Crippen molar-refractivity contribution in [3.63, 3.8) is 0 Å². The molecule has 0 bridgehead atoms. The molecule has 0 spiro atoms. The van der Waals surface area contributed by atoms with E-state index in [1.807, 2.05) is 0 Å². The van der Waals surface area contributed by atoms with Gasteiger partial charge in [0, 0.05) is 6.42 Å². The first-order chi connectivity index (χ1) is 10.5. The Hall–Kier alpha value is -0.770. The molecule has 0 aromatic heterocycles. The zero-order valence-electron chi connectivity index (χ0n) is 12.9. The van der Waals surface area contributed by atoms with Crippen LogP contribution < -0.4 is 5.48 Å². The maximum atomic E-state index is 11.5. The summed E-state index contributed by atoms with van der Waals surface area (Å²) in [4.78, 5) is 16.3. The lowest BCUT2D eigenvalue weighted by molar-refractivity contribution is -0.258. The van der Waals surface area contributed by atoms with E-state index in [0.717, 1.165) is 32.1 Å². The van der Waals surface area contributed by atoms with Crippen LogP contribution in [0.15, 0.2) is 0 Å². The van der Waals surface area contributed by atoms with Gasteiger partial charge in [0.05, 0.1) is 6.61 Å². The molecule has 0 aliphatic carbocycles. The van der Waals surface area contributed by atoms with Crippen LogP contribution in [0.3, 0.4) is 0 Å². The number of carbonyl (C=O) groups excluding carboxylic acids is 1. The number of nitrogens with one attached hydrogen (secondary N) is 1. The number of ether oxygens (including phenoxy) is 1. The first kappa shape index (κ1) is 19.3. The lowest BCUT2D eigenvalue weighted by atomic mass is 9.99. The van der Waals surface area contributed by atoms with E-state index < -0.39 is 43.2 Å². The molecule has 5 N–H and O–H groups in total. The molecule has 1 fully saturated rings. The summed E-state index contributed by atoms with van der Waals surface area (Å²) in [5.74, 6) is -0.492. The van der Waals surface area contributed by atoms with Gasteiger partial charge < -0.3 is 30.0 Å². The number of carbonyl (C=O) groups is 1. The number of aliphatic hydroxyl groups excluding tert-OH is 4. The van der Waals surface area contributed by atoms with Crippen molar-refractivity contribution >= 4 is 5.97 Å². The third-order valence-electron chi connectivity index (χ3n) is 3.67. The summed E-state index contributed by atoms with van der Waals surface area (Å²) in [5.41, 5.74) is 2.23. The lowest BCUT2D eigenvalue weighted by Crippen LogP contribution is -2.62. The van der Waals surface area contributed by atoms with E-state index in [9.17, 15) is 20.1 Å². The average Bonchev–Trinajstić information content (AvgIpc) is 2.52. The van der Waals surface area contributed by atoms with Crippen LogP contribution in [0.5, 0.6) is 0 Å². The fraction of sp³-hybridized carbons (Fsp3) is 0.929. The largest absolute Gasteiger partial charge is 0.394 e. The molecule has 1 unspecified atom stereocenters. The predicted molar refractivity (Wildman–Crippen MR) is 76.4 cm³/mol. The molecule has 1 rings (SSSR count). The van der Waals surface area contributed by atoms with E-state index in [1.165, 1.54) is 0 Å². The van der Waals surface area contributed by atoms with Gasteiger partial charge >= 0.3 is 5.97 Å². The highest BCUT2D eigenvalue weighted by atomic mass is 16.7. The monoisotopic (exact) mass is 321 g/mol. The van der Waals surface area contributed by atoms with Crippen molar-refractivity contribution in [2.24, 2.45) is 0 Å². The van der Waals surface area contributed by atoms with Crippen LogP contribution >= 0.6 is 0 Å². The van der Waals surface area contributed by atoms with Gasteiger partial charge in [-0.25, -0.2) is 0 Å². The second-order valence-electron chi connectivity index (χ2n) is 5.51. The molecular weight excluding hydrogens is 294 g/mol. The number of hydroxylamine groups is 1. The molecule has 130 valence electrons. The summed E-state index contributed by atoms with van der Waals surface area (Å²) in [6.45, 7) is 1.58. The third kappa shape index (κ3) is 5.79. The number of hydrogen-bond acceptors (Lipinski definition) is 8. The number of aliphatic hydroxyl groups is 4. The molecular formula is C14H27NO7. The Labute approximate surface area is 130 Å². The maximum absolute atomic E-state index is 11.5. The van der Waals surface area contributed by atoms with Crippen molar-refractivity contribution in [3.05, 3.63) is 0 Å². The van der Waals surface area contributed by atoms with Gasteiger partial charge in [-0.05, 0) is 6.42 Å². The van der Waals surface area contributed by atoms with Crippen molar-refractivity contribution in [3.8, 4) is 0 Å². The van der Waals surface area contributed by atoms with Crippen LogP contribution in [0.4, 0.5) is 0 Å². The molecule has 0 aromatic carbocycles. The summed E-state index contributed by atoms with van der Waals surface area (Å²) in [7, 11) is 0. The topological polar surface area (TPSA) is 128 Å². The Morgan fingerprint density at radius 1 is 1.09 bits per heavy atom. The van der Waals surface area contributed by atoms with E-state index >= 15 is 0 Å². The molecule has 0 aromatic rings. The highest BCUT2D eigenvalue weighted by Gasteiger charge is 2.43. The van der Waals surface area contributed by atoms with Crippen molar-refractivity contribution in [1.82, 2.24) is 5.48 Å². The normalized spacial score (nSPS) is 32.0. The van der Waals surface area contributed by atoms with Crippen LogP contribution in [0.1, 0.15) is 45.4 Å². The van der Waals surface area contributed by atoms with Gasteiger partial charge in [-0.2, -0.15) is 0 Å². The SMILES string of the molecule is CCCCCCCC(=O)ONC1O[C@H](CO)[C@@H](O)[C@H](O)[C@H]1O. The highest BCUT2D eigenvalue weighted by molar-refractivity contribution is 5.68. The molecule has 1 saturated heterocycles. The molecule has 8 heteroatoms. The molecule has 0 radical (unpaired) electrons. The molecule has 1 aliphatic rings. The van der Waals surface area contributed by atoms with E-state index in [0.29, 0.717) is 0 Å². The molecule has 8 nitrogen and oxygen atoms in total. The zero-order valence-corrected chi connectivity index (χ0v) is 12.9. The second-order valence-corrected chi connectivity index (χ2v) is 5.51. The van der Waals surface area contributed by atoms with Crippen molar-refractivity contribution in [1.29, 1.82) is 0 Å². The Bertz CT molecular complexity index is 326. The van der Waals surface area contributed by atoms with Gasteiger partial charge in [0.25, 0.3) is 0 Å². The van der Waals surface area contributed by atoms with E-state index in [-0.39, 0.29) is 6.42 Å². The average molecular weight is 321 g/mol. The van der Waals surface area contributed by atoms with Gasteiger partial charge in [0.2, 0.25) is 0 Å². The molecule has 1 aliphatic heterocycles. The van der Waals surface area contributed by atoms with Crippen LogP contribution in [0.2, 0.25) is 0 Å². The molecule has 0 amide bonds. The standard InChI is InChI=1S/C14H27NO7/c1-2-3-4-5-6-7-10(17)22-15-14-13(20)12(19)11(18)9(8-16)21-14/h9,11-16,18-20H,2-8H2,1H3/t9-,11-,12+,13-,14?/m1/s1. The Morgan fingerprint density at radius 3 is 2.41 bits per heavy atom. The van der Waals surface area contributed by atoms with Crippen LogP contribution in [-0.4, -0.2) is 63.6 Å². The summed E-state index contributed by atoms with van der Waals surface area (Å²) in [6.07, 6.45) is -1.42. The first-order valence-corrected chi connectivity index (χ1v) is 7.77. The zero-order chi connectivity index (χ0) is 16.5. The fourth-order valence-corrected chi connectivity index (χ4v) is 2.25. The quantitative estimate of drug-likeness (QED) is 0.276. The highest BCUT2D eigenvalue weighted by Crippen LogP contribution is 2.19. The molecule has 22 heavy (non-hydrogen) atoms. The van der Waals surface area contributed by atoms with Gasteiger partial charge in [0.15, 0.2) is 6.23 Å². The van der Waals surface area contributed by atoms with E-state index in [2.05, 4.69) is 12.4 Å². The fourth-order valence-electron chi connectivity index (χ4n) is 2.25. The third-order valence-corrected chi connectivity index (χ3v) is 3.67. The molecule has 1 heterocycles. The Morgan fingerprint density at radius 2 is 1.77 bits per heavy atom. The smallest absolute Gasteiger partial charge is 0.324 e. The molecule has 0 saturated carbocycles. The van der Waals surface area contributed by atoms with Crippen molar-refractivity contribution < 1.29 is 34.8 Å². The van der Waals surface area contributed by atoms with Gasteiger partial charge in [-0.1, -0.05) is 32.6 Å². The number of unbranched alkanes of at least 4 members (excludes halogenated alkanes) is 4. The minimum atomic E-state index is -1.50. The van der Waals surface area contributed by atoms with E-state index in [4.69, 9.17) is 14.7 Å². The van der Waals surface area contributed by atoms with Crippen LogP contribution in [0.25, 0.3) is 0 Å². The number of hydrogen-bond donors (Lipinski definition) is 5. The van der Waals surface area contributed by atoms with Gasteiger partial charge in [-0.15, -0.1) is 5.48 Å². The summed E-state index contributed by atoms with van der Waals surface area (Å²) < 4.78 is 5.14. The second kappa shape index (κ2) is 10.1. The summed E-state index contributed by atoms with van der Waals surface area (Å²) >= 11 is 0. The van der Waals surface area contributed by atoms with Crippen LogP contribution in [0, 0.1) is 0 Å². The van der Waals surface area contributed by atoms with E-state index in [1.54, 1.807) is 0 Å². The number of rotatable bonds is 9. The van der Waals surface area contributed by atoms with Gasteiger partial charge in [0.1, 0.15) is 24.4 Å². The van der Waals surface area contributed by atoms with Crippen LogP contribution in [-0.2, 0) is 14.4 Å². The minimum absolute atomic E-state index is 0.244. The Kier molecular flexibility index (Phi) is 8.84. The predicted octanol–water partition coefficient (Wildman–Crippen LogP) is -0.805. The van der Waals surface area contributed by atoms with Gasteiger partial charge in [-0.3, -0.25) is 4.79 Å². The lowest BCUT2D eigenvalue weighted by Gasteiger charge is -2.39. The summed E-state index contributed by atoms with van der Waals surface area (Å²) in [5, 5.41) is 38.0.